The summed E-state index contributed by atoms with van der Waals surface area (Å²) < 4.78 is 0. The van der Waals surface area contributed by atoms with Gasteiger partial charge in [-0.05, 0) is 36.5 Å². The van der Waals surface area contributed by atoms with E-state index in [9.17, 15) is 4.79 Å². The number of amides is 1. The van der Waals surface area contributed by atoms with Crippen LogP contribution >= 0.6 is 11.6 Å². The number of nitrogens with one attached hydrogen (secondary N) is 3. The van der Waals surface area contributed by atoms with Gasteiger partial charge in [-0.25, -0.2) is 9.97 Å². The Morgan fingerprint density at radius 2 is 1.97 bits per heavy atom. The maximum atomic E-state index is 12.9. The number of aryl methyl sites for hydroxylation is 1. The molecule has 29 heavy (non-hydrogen) atoms. The molecule has 1 aromatic carbocycles. The lowest BCUT2D eigenvalue weighted by Gasteiger charge is -2.20. The van der Waals surface area contributed by atoms with Crippen LogP contribution in [0.5, 0.6) is 0 Å². The average molecular weight is 416 g/mol. The van der Waals surface area contributed by atoms with Crippen molar-refractivity contribution in [3.63, 3.8) is 0 Å². The summed E-state index contributed by atoms with van der Waals surface area (Å²) in [5, 5.41) is 10.4. The molecule has 3 N–H and O–H groups in total. The molecule has 1 aliphatic rings. The zero-order valence-corrected chi connectivity index (χ0v) is 18.1. The van der Waals surface area contributed by atoms with E-state index in [1.807, 2.05) is 24.3 Å². The van der Waals surface area contributed by atoms with Crippen LogP contribution in [0.25, 0.3) is 0 Å². The SMILES string of the molecule is CC(C)NC[C@@H](C(=O)NCCNc1ncnc2c1[C@H](C)CC2)c1ccc(Cl)cc1. The highest BCUT2D eigenvalue weighted by Crippen LogP contribution is 2.35. The smallest absolute Gasteiger partial charge is 0.228 e. The zero-order chi connectivity index (χ0) is 20.8. The summed E-state index contributed by atoms with van der Waals surface area (Å²) in [6.45, 7) is 8.07. The lowest BCUT2D eigenvalue weighted by atomic mass is 9.97. The van der Waals surface area contributed by atoms with Crippen molar-refractivity contribution in [2.75, 3.05) is 25.0 Å². The molecule has 1 aliphatic carbocycles. The molecule has 0 unspecified atom stereocenters. The summed E-state index contributed by atoms with van der Waals surface area (Å²) in [4.78, 5) is 21.6. The fourth-order valence-corrected chi connectivity index (χ4v) is 3.81. The number of hydrogen-bond donors (Lipinski definition) is 3. The van der Waals surface area contributed by atoms with E-state index in [0.29, 0.717) is 36.6 Å². The number of aromatic nitrogens is 2. The van der Waals surface area contributed by atoms with E-state index in [4.69, 9.17) is 11.6 Å². The van der Waals surface area contributed by atoms with Crippen molar-refractivity contribution < 1.29 is 4.79 Å². The number of nitrogens with zero attached hydrogens (tertiary/aromatic N) is 2. The Bertz CT molecular complexity index is 824. The number of halogens is 1. The van der Waals surface area contributed by atoms with Gasteiger partial charge >= 0.3 is 0 Å². The molecule has 0 saturated carbocycles. The molecule has 6 nitrogen and oxygen atoms in total. The van der Waals surface area contributed by atoms with Gasteiger partial charge in [-0.1, -0.05) is 44.5 Å². The van der Waals surface area contributed by atoms with E-state index in [-0.39, 0.29) is 11.8 Å². The summed E-state index contributed by atoms with van der Waals surface area (Å²) in [6.07, 6.45) is 3.74. The van der Waals surface area contributed by atoms with Gasteiger partial charge < -0.3 is 16.0 Å². The molecule has 7 heteroatoms. The molecule has 0 saturated heterocycles. The van der Waals surface area contributed by atoms with Crippen LogP contribution in [0.15, 0.2) is 30.6 Å². The second-order valence-corrected chi connectivity index (χ2v) is 8.34. The van der Waals surface area contributed by atoms with Crippen molar-refractivity contribution in [1.82, 2.24) is 20.6 Å². The number of carbonyl (C=O) groups is 1. The van der Waals surface area contributed by atoms with E-state index in [1.165, 1.54) is 5.56 Å². The molecule has 1 amide bonds. The Kier molecular flexibility index (Phi) is 7.45. The van der Waals surface area contributed by atoms with E-state index in [0.717, 1.165) is 29.9 Å². The number of anilines is 1. The minimum Gasteiger partial charge on any atom is -0.368 e. The van der Waals surface area contributed by atoms with Gasteiger partial charge in [0.2, 0.25) is 5.91 Å². The summed E-state index contributed by atoms with van der Waals surface area (Å²) >= 11 is 6.00. The monoisotopic (exact) mass is 415 g/mol. The van der Waals surface area contributed by atoms with Crippen LogP contribution in [0, 0.1) is 0 Å². The van der Waals surface area contributed by atoms with Crippen molar-refractivity contribution >= 4 is 23.3 Å². The highest BCUT2D eigenvalue weighted by atomic mass is 35.5. The van der Waals surface area contributed by atoms with E-state index in [2.05, 4.69) is 46.7 Å². The van der Waals surface area contributed by atoms with Crippen molar-refractivity contribution in [3.05, 3.63) is 52.4 Å². The molecule has 0 bridgehead atoms. The Hall–Kier alpha value is -2.18. The summed E-state index contributed by atoms with van der Waals surface area (Å²) in [5.74, 6) is 1.10. The van der Waals surface area contributed by atoms with Gasteiger partial charge in [0.15, 0.2) is 0 Å². The van der Waals surface area contributed by atoms with E-state index in [1.54, 1.807) is 6.33 Å². The first kappa shape index (κ1) is 21.5. The quantitative estimate of drug-likeness (QED) is 0.546. The second kappa shape index (κ2) is 10.0. The van der Waals surface area contributed by atoms with Crippen LogP contribution in [0.1, 0.15) is 55.8 Å². The van der Waals surface area contributed by atoms with Gasteiger partial charge in [-0.2, -0.15) is 0 Å². The first-order valence-electron chi connectivity index (χ1n) is 10.3. The minimum absolute atomic E-state index is 0.00329. The molecule has 2 aromatic rings. The highest BCUT2D eigenvalue weighted by molar-refractivity contribution is 6.30. The van der Waals surface area contributed by atoms with Crippen LogP contribution in [-0.2, 0) is 11.2 Å². The largest absolute Gasteiger partial charge is 0.368 e. The van der Waals surface area contributed by atoms with Gasteiger partial charge in [0.05, 0.1) is 5.92 Å². The average Bonchev–Trinajstić information content (AvgIpc) is 3.08. The second-order valence-electron chi connectivity index (χ2n) is 7.91. The number of hydrogen-bond acceptors (Lipinski definition) is 5. The fourth-order valence-electron chi connectivity index (χ4n) is 3.69. The third-order valence-corrected chi connectivity index (χ3v) is 5.56. The minimum atomic E-state index is -0.266. The first-order valence-corrected chi connectivity index (χ1v) is 10.7. The highest BCUT2D eigenvalue weighted by Gasteiger charge is 2.24. The lowest BCUT2D eigenvalue weighted by molar-refractivity contribution is -0.122. The standard InChI is InChI=1S/C22H30ClN5O/c1-14(2)26-12-18(16-5-7-17(23)8-6-16)22(29)25-11-10-24-21-20-15(3)4-9-19(20)27-13-28-21/h5-8,13-15,18,26H,4,9-12H2,1-3H3,(H,25,29)(H,24,27,28)/t15-,18-/m1/s1. The Balaban J connectivity index is 1.56. The number of carbonyl (C=O) groups excluding carboxylic acids is 1. The summed E-state index contributed by atoms with van der Waals surface area (Å²) in [6, 6.07) is 7.79. The van der Waals surface area contributed by atoms with E-state index < -0.39 is 0 Å². The van der Waals surface area contributed by atoms with Gasteiger partial charge in [0, 0.05) is 42.0 Å². The molecule has 156 valence electrons. The summed E-state index contributed by atoms with van der Waals surface area (Å²) in [5.41, 5.74) is 3.32. The third-order valence-electron chi connectivity index (χ3n) is 5.31. The molecular formula is C22H30ClN5O. The molecule has 0 aliphatic heterocycles. The molecule has 1 heterocycles. The Labute approximate surface area is 177 Å². The predicted octanol–water partition coefficient (Wildman–Crippen LogP) is 3.49. The number of fused-ring (bicyclic) bond motifs is 1. The van der Waals surface area contributed by atoms with Crippen molar-refractivity contribution in [1.29, 1.82) is 0 Å². The number of benzene rings is 1. The zero-order valence-electron chi connectivity index (χ0n) is 17.3. The molecule has 0 radical (unpaired) electrons. The Morgan fingerprint density at radius 1 is 1.21 bits per heavy atom. The van der Waals surface area contributed by atoms with Crippen LogP contribution < -0.4 is 16.0 Å². The third kappa shape index (κ3) is 5.67. The summed E-state index contributed by atoms with van der Waals surface area (Å²) in [7, 11) is 0. The van der Waals surface area contributed by atoms with Gasteiger partial charge in [0.25, 0.3) is 0 Å². The maximum absolute atomic E-state index is 12.9. The molecule has 2 atom stereocenters. The van der Waals surface area contributed by atoms with Crippen LogP contribution in [0.2, 0.25) is 5.02 Å². The molecule has 0 spiro atoms. The predicted molar refractivity (Wildman–Crippen MR) is 118 cm³/mol. The molecular weight excluding hydrogens is 386 g/mol. The van der Waals surface area contributed by atoms with Gasteiger partial charge in [-0.3, -0.25) is 4.79 Å². The van der Waals surface area contributed by atoms with Crippen LogP contribution in [0.3, 0.4) is 0 Å². The Morgan fingerprint density at radius 3 is 2.69 bits per heavy atom. The van der Waals surface area contributed by atoms with Gasteiger partial charge in [-0.15, -0.1) is 0 Å². The van der Waals surface area contributed by atoms with Crippen molar-refractivity contribution in [3.8, 4) is 0 Å². The van der Waals surface area contributed by atoms with Crippen molar-refractivity contribution in [2.24, 2.45) is 0 Å². The number of rotatable bonds is 9. The lowest BCUT2D eigenvalue weighted by Crippen LogP contribution is -2.39. The maximum Gasteiger partial charge on any atom is 0.228 e. The molecule has 0 fully saturated rings. The molecule has 1 aromatic heterocycles. The van der Waals surface area contributed by atoms with E-state index >= 15 is 0 Å². The fraction of sp³-hybridized carbons (Fsp3) is 0.500. The van der Waals surface area contributed by atoms with Crippen LogP contribution in [0.4, 0.5) is 5.82 Å². The topological polar surface area (TPSA) is 78.9 Å². The van der Waals surface area contributed by atoms with Gasteiger partial charge in [0.1, 0.15) is 12.1 Å². The van der Waals surface area contributed by atoms with Crippen molar-refractivity contribution in [2.45, 2.75) is 51.5 Å². The normalized spacial score (nSPS) is 16.5. The molecule has 3 rings (SSSR count). The first-order chi connectivity index (χ1) is 14.0. The van der Waals surface area contributed by atoms with Crippen LogP contribution in [-0.4, -0.2) is 41.6 Å².